The molecule has 0 unspecified atom stereocenters. The van der Waals surface area contributed by atoms with Crippen LogP contribution in [-0.2, 0) is 4.79 Å². The van der Waals surface area contributed by atoms with Gasteiger partial charge in [-0.1, -0.05) is 24.3 Å². The largest absolute Gasteiger partial charge is 0.545 e. The highest BCUT2D eigenvalue weighted by Gasteiger charge is 2.03. The monoisotopic (exact) mass is 312 g/mol. The first-order valence-corrected chi connectivity index (χ1v) is 7.35. The van der Waals surface area contributed by atoms with E-state index < -0.39 is 5.97 Å². The van der Waals surface area contributed by atoms with E-state index in [1.54, 1.807) is 0 Å². The molecule has 1 amide bonds. The third kappa shape index (κ3) is 5.47. The number of carbonyl (C=O) groups excluding carboxylic acids is 2. The summed E-state index contributed by atoms with van der Waals surface area (Å²) in [5.41, 5.74) is 1.76. The lowest BCUT2D eigenvalue weighted by Gasteiger charge is -2.08. The second kappa shape index (κ2) is 7.98. The molecule has 2 aromatic rings. The number of rotatable bonds is 7. The van der Waals surface area contributed by atoms with Crippen molar-refractivity contribution in [3.05, 3.63) is 59.7 Å². The summed E-state index contributed by atoms with van der Waals surface area (Å²) in [4.78, 5) is 22.4. The number of carboxylic acid groups (broad SMARTS) is 1. The van der Waals surface area contributed by atoms with E-state index in [1.165, 1.54) is 24.3 Å². The molecule has 0 aromatic heterocycles. The summed E-state index contributed by atoms with van der Waals surface area (Å²) in [6, 6.07) is 13.6. The fourth-order valence-corrected chi connectivity index (χ4v) is 2.04. The molecule has 0 radical (unpaired) electrons. The summed E-state index contributed by atoms with van der Waals surface area (Å²) < 4.78 is 5.58. The average Bonchev–Trinajstić information content (AvgIpc) is 2.52. The van der Waals surface area contributed by atoms with Crippen LogP contribution in [0.1, 0.15) is 28.8 Å². The maximum Gasteiger partial charge on any atom is 0.224 e. The van der Waals surface area contributed by atoms with Crippen LogP contribution < -0.4 is 15.2 Å². The summed E-state index contributed by atoms with van der Waals surface area (Å²) in [5, 5.41) is 13.3. The fraction of sp³-hybridized carbons (Fsp3) is 0.222. The van der Waals surface area contributed by atoms with E-state index in [0.29, 0.717) is 25.1 Å². The van der Waals surface area contributed by atoms with Crippen molar-refractivity contribution in [1.82, 2.24) is 0 Å². The lowest BCUT2D eigenvalue weighted by molar-refractivity contribution is -0.255. The predicted molar refractivity (Wildman–Crippen MR) is 85.3 cm³/mol. The zero-order valence-electron chi connectivity index (χ0n) is 12.9. The number of hydrogen-bond donors (Lipinski definition) is 1. The molecule has 2 aromatic carbocycles. The minimum absolute atomic E-state index is 0.0783. The predicted octanol–water partition coefficient (Wildman–Crippen LogP) is 2.16. The van der Waals surface area contributed by atoms with Gasteiger partial charge in [-0.15, -0.1) is 0 Å². The second-order valence-corrected chi connectivity index (χ2v) is 5.18. The summed E-state index contributed by atoms with van der Waals surface area (Å²) in [6.07, 6.45) is 0.922. The van der Waals surface area contributed by atoms with Crippen LogP contribution in [0.5, 0.6) is 5.75 Å². The number of ether oxygens (including phenoxy) is 1. The number of aryl methyl sites for hydroxylation is 1. The van der Waals surface area contributed by atoms with Crippen molar-refractivity contribution in [3.63, 3.8) is 0 Å². The van der Waals surface area contributed by atoms with Gasteiger partial charge in [0.15, 0.2) is 0 Å². The molecule has 0 aliphatic rings. The lowest BCUT2D eigenvalue weighted by Crippen LogP contribution is -2.22. The third-order valence-electron chi connectivity index (χ3n) is 3.21. The van der Waals surface area contributed by atoms with Gasteiger partial charge in [0.25, 0.3) is 0 Å². The van der Waals surface area contributed by atoms with Gasteiger partial charge in [0.1, 0.15) is 5.75 Å². The van der Waals surface area contributed by atoms with Crippen LogP contribution in [0.3, 0.4) is 0 Å². The molecule has 0 saturated carbocycles. The van der Waals surface area contributed by atoms with E-state index in [2.05, 4.69) is 5.32 Å². The number of nitrogens with one attached hydrogen (secondary N) is 1. The maximum absolute atomic E-state index is 11.8. The van der Waals surface area contributed by atoms with Crippen LogP contribution >= 0.6 is 0 Å². The van der Waals surface area contributed by atoms with E-state index >= 15 is 0 Å². The van der Waals surface area contributed by atoms with E-state index in [-0.39, 0.29) is 11.5 Å². The molecular weight excluding hydrogens is 294 g/mol. The van der Waals surface area contributed by atoms with Crippen LogP contribution in [0.25, 0.3) is 0 Å². The van der Waals surface area contributed by atoms with Crippen LogP contribution in [0.4, 0.5) is 5.69 Å². The standard InChI is InChI=1S/C18H19NO4/c1-13-4-2-5-16(12-13)23-11-3-6-17(20)19-15-9-7-14(8-10-15)18(21)22/h2,4-5,7-10,12H,3,6,11H2,1H3,(H,19,20)(H,21,22)/p-1. The van der Waals surface area contributed by atoms with Crippen LogP contribution in [0.2, 0.25) is 0 Å². The number of anilines is 1. The normalized spacial score (nSPS) is 10.1. The van der Waals surface area contributed by atoms with Crippen molar-refractivity contribution >= 4 is 17.6 Å². The van der Waals surface area contributed by atoms with E-state index in [1.807, 2.05) is 31.2 Å². The number of carbonyl (C=O) groups is 2. The van der Waals surface area contributed by atoms with Crippen molar-refractivity contribution in [1.29, 1.82) is 0 Å². The van der Waals surface area contributed by atoms with Gasteiger partial charge in [0.2, 0.25) is 5.91 Å². The first-order valence-electron chi connectivity index (χ1n) is 7.35. The molecule has 0 atom stereocenters. The Kier molecular flexibility index (Phi) is 5.74. The van der Waals surface area contributed by atoms with Gasteiger partial charge in [0, 0.05) is 12.1 Å². The maximum atomic E-state index is 11.8. The third-order valence-corrected chi connectivity index (χ3v) is 3.21. The number of hydrogen-bond acceptors (Lipinski definition) is 4. The minimum atomic E-state index is -1.24. The zero-order chi connectivity index (χ0) is 16.7. The van der Waals surface area contributed by atoms with Gasteiger partial charge in [0.05, 0.1) is 12.6 Å². The Morgan fingerprint density at radius 1 is 1.13 bits per heavy atom. The quantitative estimate of drug-likeness (QED) is 0.795. The Labute approximate surface area is 134 Å². The second-order valence-electron chi connectivity index (χ2n) is 5.18. The first kappa shape index (κ1) is 16.5. The Hall–Kier alpha value is -2.82. The van der Waals surface area contributed by atoms with Gasteiger partial charge < -0.3 is 20.0 Å². The molecule has 1 N–H and O–H groups in total. The smallest absolute Gasteiger partial charge is 0.224 e. The van der Waals surface area contributed by atoms with Crippen molar-refractivity contribution in [2.45, 2.75) is 19.8 Å². The van der Waals surface area contributed by atoms with E-state index in [9.17, 15) is 14.7 Å². The molecule has 0 spiro atoms. The van der Waals surface area contributed by atoms with E-state index in [0.717, 1.165) is 11.3 Å². The number of aromatic carboxylic acids is 1. The average molecular weight is 312 g/mol. The molecular formula is C18H18NO4-. The summed E-state index contributed by atoms with van der Waals surface area (Å²) in [5.74, 6) is -0.585. The summed E-state index contributed by atoms with van der Waals surface area (Å²) in [6.45, 7) is 2.45. The number of benzene rings is 2. The van der Waals surface area contributed by atoms with Crippen molar-refractivity contribution in [2.24, 2.45) is 0 Å². The Bertz CT molecular complexity index is 680. The Balaban J connectivity index is 1.71. The Morgan fingerprint density at radius 2 is 1.87 bits per heavy atom. The molecule has 0 aliphatic carbocycles. The Morgan fingerprint density at radius 3 is 2.52 bits per heavy atom. The molecule has 5 heteroatoms. The first-order chi connectivity index (χ1) is 11.0. The number of carboxylic acids is 1. The van der Waals surface area contributed by atoms with Crippen molar-refractivity contribution in [3.8, 4) is 5.75 Å². The van der Waals surface area contributed by atoms with Crippen LogP contribution in [0, 0.1) is 6.92 Å². The van der Waals surface area contributed by atoms with Gasteiger partial charge in [-0.25, -0.2) is 0 Å². The van der Waals surface area contributed by atoms with Gasteiger partial charge >= 0.3 is 0 Å². The van der Waals surface area contributed by atoms with Gasteiger partial charge in [-0.2, -0.15) is 0 Å². The van der Waals surface area contributed by atoms with E-state index in [4.69, 9.17) is 4.74 Å². The SMILES string of the molecule is Cc1cccc(OCCCC(=O)Nc2ccc(C(=O)[O-])cc2)c1. The topological polar surface area (TPSA) is 78.5 Å². The number of amides is 1. The highest BCUT2D eigenvalue weighted by atomic mass is 16.5. The lowest BCUT2D eigenvalue weighted by atomic mass is 10.2. The highest BCUT2D eigenvalue weighted by Crippen LogP contribution is 2.13. The summed E-state index contributed by atoms with van der Waals surface area (Å²) in [7, 11) is 0. The zero-order valence-corrected chi connectivity index (χ0v) is 12.9. The molecule has 5 nitrogen and oxygen atoms in total. The van der Waals surface area contributed by atoms with Crippen LogP contribution in [-0.4, -0.2) is 18.5 Å². The van der Waals surface area contributed by atoms with Crippen molar-refractivity contribution < 1.29 is 19.4 Å². The molecule has 0 bridgehead atoms. The molecule has 0 aliphatic heterocycles. The molecule has 23 heavy (non-hydrogen) atoms. The molecule has 0 saturated heterocycles. The minimum Gasteiger partial charge on any atom is -0.545 e. The van der Waals surface area contributed by atoms with Crippen LogP contribution in [0.15, 0.2) is 48.5 Å². The molecule has 0 heterocycles. The summed E-state index contributed by atoms with van der Waals surface area (Å²) >= 11 is 0. The molecule has 0 fully saturated rings. The molecule has 120 valence electrons. The van der Waals surface area contributed by atoms with Crippen molar-refractivity contribution in [2.75, 3.05) is 11.9 Å². The fourth-order valence-electron chi connectivity index (χ4n) is 2.04. The highest BCUT2D eigenvalue weighted by molar-refractivity contribution is 5.92. The molecule has 2 rings (SSSR count). The van der Waals surface area contributed by atoms with Gasteiger partial charge in [-0.05, 0) is 48.7 Å². The van der Waals surface area contributed by atoms with Gasteiger partial charge in [-0.3, -0.25) is 4.79 Å².